The number of nitrogens with two attached hydrogens (primary N) is 1. The minimum atomic E-state index is -1.30. The Morgan fingerprint density at radius 3 is 1.94 bits per heavy atom. The third-order valence-corrected chi connectivity index (χ3v) is 4.95. The van der Waals surface area contributed by atoms with Gasteiger partial charge in [-0.15, -0.1) is 0 Å². The number of ether oxygens (including phenoxy) is 1. The Morgan fingerprint density at radius 2 is 1.43 bits per heavy atom. The molecule has 2 aromatic rings. The normalized spacial score (nSPS) is 12.7. The van der Waals surface area contributed by atoms with Crippen LogP contribution in [0.1, 0.15) is 38.3 Å². The Hall–Kier alpha value is -3.88. The second-order valence-electron chi connectivity index (χ2n) is 9.30. The molecule has 2 aromatic carbocycles. The van der Waals surface area contributed by atoms with Crippen LogP contribution in [0.5, 0.6) is 0 Å². The van der Waals surface area contributed by atoms with Gasteiger partial charge < -0.3 is 26.0 Å². The van der Waals surface area contributed by atoms with Gasteiger partial charge in [-0.3, -0.25) is 14.4 Å². The van der Waals surface area contributed by atoms with Crippen molar-refractivity contribution in [1.82, 2.24) is 15.5 Å². The minimum Gasteiger partial charge on any atom is -0.444 e. The summed E-state index contributed by atoms with van der Waals surface area (Å²) in [5, 5.41) is 5.08. The zero-order chi connectivity index (χ0) is 26.0. The lowest BCUT2D eigenvalue weighted by Gasteiger charge is -2.27. The fraction of sp³-hybridized carbons (Fsp3) is 0.385. The average Bonchev–Trinajstić information content (AvgIpc) is 2.77. The number of nitrogens with one attached hydrogen (secondary N) is 2. The van der Waals surface area contributed by atoms with Crippen LogP contribution in [0.4, 0.5) is 4.79 Å². The van der Waals surface area contributed by atoms with E-state index in [1.54, 1.807) is 27.8 Å². The van der Waals surface area contributed by atoms with E-state index in [4.69, 9.17) is 10.5 Å². The summed E-state index contributed by atoms with van der Waals surface area (Å²) >= 11 is 0. The van der Waals surface area contributed by atoms with Crippen molar-refractivity contribution in [3.63, 3.8) is 0 Å². The molecule has 0 heterocycles. The summed E-state index contributed by atoms with van der Waals surface area (Å²) in [5.74, 6) is -1.81. The van der Waals surface area contributed by atoms with Gasteiger partial charge >= 0.3 is 6.09 Å². The monoisotopic (exact) mass is 482 g/mol. The molecule has 0 bridgehead atoms. The molecule has 35 heavy (non-hydrogen) atoms. The van der Waals surface area contributed by atoms with Crippen LogP contribution < -0.4 is 16.4 Å². The SMILES string of the molecule is CN(Cc1ccccc1)C(=O)[C@H](Cc1ccccc1)NC(=O)[C@H](CC(N)=O)NC(=O)OC(C)(C)C. The number of amides is 4. The second kappa shape index (κ2) is 12.5. The van der Waals surface area contributed by atoms with E-state index >= 15 is 0 Å². The highest BCUT2D eigenvalue weighted by Crippen LogP contribution is 2.11. The third-order valence-electron chi connectivity index (χ3n) is 4.95. The fourth-order valence-electron chi connectivity index (χ4n) is 3.38. The van der Waals surface area contributed by atoms with Crippen LogP contribution in [-0.4, -0.2) is 53.4 Å². The van der Waals surface area contributed by atoms with Gasteiger partial charge in [-0.05, 0) is 31.9 Å². The third kappa shape index (κ3) is 9.87. The molecule has 2 atom stereocenters. The number of alkyl carbamates (subject to hydrolysis) is 1. The first-order valence-electron chi connectivity index (χ1n) is 11.4. The maximum absolute atomic E-state index is 13.3. The lowest BCUT2D eigenvalue weighted by atomic mass is 10.0. The molecule has 0 fully saturated rings. The van der Waals surface area contributed by atoms with Crippen LogP contribution in [0.3, 0.4) is 0 Å². The molecule has 0 unspecified atom stereocenters. The van der Waals surface area contributed by atoms with E-state index in [9.17, 15) is 19.2 Å². The first-order chi connectivity index (χ1) is 16.4. The van der Waals surface area contributed by atoms with Crippen molar-refractivity contribution in [2.24, 2.45) is 5.73 Å². The average molecular weight is 483 g/mol. The van der Waals surface area contributed by atoms with Gasteiger partial charge in [-0.1, -0.05) is 60.7 Å². The maximum Gasteiger partial charge on any atom is 0.408 e. The highest BCUT2D eigenvalue weighted by Gasteiger charge is 2.31. The van der Waals surface area contributed by atoms with E-state index in [-0.39, 0.29) is 12.3 Å². The molecule has 0 saturated heterocycles. The lowest BCUT2D eigenvalue weighted by molar-refractivity contribution is -0.136. The van der Waals surface area contributed by atoms with Crippen LogP contribution in [0, 0.1) is 0 Å². The van der Waals surface area contributed by atoms with Gasteiger partial charge in [0.2, 0.25) is 17.7 Å². The molecule has 2 rings (SSSR count). The van der Waals surface area contributed by atoms with Gasteiger partial charge in [0.05, 0.1) is 6.42 Å². The number of carbonyl (C=O) groups excluding carboxylic acids is 4. The van der Waals surface area contributed by atoms with Crippen molar-refractivity contribution in [1.29, 1.82) is 0 Å². The Labute approximate surface area is 206 Å². The molecule has 0 aliphatic heterocycles. The zero-order valence-corrected chi connectivity index (χ0v) is 20.6. The van der Waals surface area contributed by atoms with E-state index in [0.717, 1.165) is 11.1 Å². The van der Waals surface area contributed by atoms with Crippen molar-refractivity contribution in [2.45, 2.75) is 57.8 Å². The van der Waals surface area contributed by atoms with E-state index in [2.05, 4.69) is 10.6 Å². The molecule has 0 aliphatic rings. The first-order valence-corrected chi connectivity index (χ1v) is 11.4. The Kier molecular flexibility index (Phi) is 9.81. The molecule has 0 radical (unpaired) electrons. The standard InChI is InChI=1S/C26H34N4O5/c1-26(2,3)35-25(34)29-20(16-22(27)31)23(32)28-21(15-18-11-7-5-8-12-18)24(33)30(4)17-19-13-9-6-10-14-19/h5-14,20-21H,15-17H2,1-4H3,(H2,27,31)(H,28,32)(H,29,34)/t20-,21-/m0/s1. The summed E-state index contributed by atoms with van der Waals surface area (Å²) in [5.41, 5.74) is 6.27. The molecule has 0 saturated carbocycles. The van der Waals surface area contributed by atoms with Gasteiger partial charge in [0, 0.05) is 20.0 Å². The molecule has 9 heteroatoms. The summed E-state index contributed by atoms with van der Waals surface area (Å²) in [6.45, 7) is 5.37. The smallest absolute Gasteiger partial charge is 0.408 e. The number of hydrogen-bond donors (Lipinski definition) is 3. The number of benzene rings is 2. The van der Waals surface area contributed by atoms with Gasteiger partial charge in [0.25, 0.3) is 0 Å². The number of primary amides is 1. The fourth-order valence-corrected chi connectivity index (χ4v) is 3.38. The number of nitrogens with zero attached hydrogens (tertiary/aromatic N) is 1. The number of likely N-dealkylation sites (N-methyl/N-ethyl adjacent to an activating group) is 1. The largest absolute Gasteiger partial charge is 0.444 e. The van der Waals surface area contributed by atoms with Crippen molar-refractivity contribution in [3.8, 4) is 0 Å². The molecule has 4 N–H and O–H groups in total. The highest BCUT2D eigenvalue weighted by atomic mass is 16.6. The Bertz CT molecular complexity index is 1010. The van der Waals surface area contributed by atoms with E-state index in [1.807, 2.05) is 60.7 Å². The summed E-state index contributed by atoms with van der Waals surface area (Å²) in [7, 11) is 1.65. The van der Waals surface area contributed by atoms with E-state index in [0.29, 0.717) is 6.54 Å². The Balaban J connectivity index is 2.21. The molecular formula is C26H34N4O5. The van der Waals surface area contributed by atoms with Crippen molar-refractivity contribution in [2.75, 3.05) is 7.05 Å². The molecule has 0 spiro atoms. The molecule has 4 amide bonds. The van der Waals surface area contributed by atoms with Crippen LogP contribution in [-0.2, 0) is 32.1 Å². The molecule has 188 valence electrons. The second-order valence-corrected chi connectivity index (χ2v) is 9.30. The number of rotatable bonds is 10. The maximum atomic E-state index is 13.3. The summed E-state index contributed by atoms with van der Waals surface area (Å²) < 4.78 is 5.20. The van der Waals surface area contributed by atoms with E-state index < -0.39 is 42.0 Å². The Morgan fingerprint density at radius 1 is 0.886 bits per heavy atom. The van der Waals surface area contributed by atoms with Gasteiger partial charge in [0.15, 0.2) is 0 Å². The lowest BCUT2D eigenvalue weighted by Crippen LogP contribution is -2.55. The molecule has 9 nitrogen and oxygen atoms in total. The number of carbonyl (C=O) groups is 4. The topological polar surface area (TPSA) is 131 Å². The van der Waals surface area contributed by atoms with E-state index in [1.165, 1.54) is 4.90 Å². The van der Waals surface area contributed by atoms with Crippen molar-refractivity contribution in [3.05, 3.63) is 71.8 Å². The van der Waals surface area contributed by atoms with Crippen molar-refractivity contribution < 1.29 is 23.9 Å². The molecular weight excluding hydrogens is 448 g/mol. The highest BCUT2D eigenvalue weighted by molar-refractivity contribution is 5.94. The van der Waals surface area contributed by atoms with Gasteiger partial charge in [0.1, 0.15) is 17.7 Å². The van der Waals surface area contributed by atoms with Crippen LogP contribution in [0.25, 0.3) is 0 Å². The first kappa shape index (κ1) is 27.4. The molecule has 0 aliphatic carbocycles. The predicted octanol–water partition coefficient (Wildman–Crippen LogP) is 2.14. The van der Waals surface area contributed by atoms with Crippen LogP contribution >= 0.6 is 0 Å². The summed E-state index contributed by atoms with van der Waals surface area (Å²) in [6.07, 6.45) is -1.09. The zero-order valence-electron chi connectivity index (χ0n) is 20.6. The number of hydrogen-bond acceptors (Lipinski definition) is 5. The van der Waals surface area contributed by atoms with Gasteiger partial charge in [-0.2, -0.15) is 0 Å². The molecule has 0 aromatic heterocycles. The van der Waals surface area contributed by atoms with Gasteiger partial charge in [-0.25, -0.2) is 4.79 Å². The minimum absolute atomic E-state index is 0.222. The quantitative estimate of drug-likeness (QED) is 0.478. The van der Waals surface area contributed by atoms with Crippen LogP contribution in [0.15, 0.2) is 60.7 Å². The summed E-state index contributed by atoms with van der Waals surface area (Å²) in [6, 6.07) is 16.5. The van der Waals surface area contributed by atoms with Crippen LogP contribution in [0.2, 0.25) is 0 Å². The van der Waals surface area contributed by atoms with Crippen molar-refractivity contribution >= 4 is 23.8 Å². The summed E-state index contributed by atoms with van der Waals surface area (Å²) in [4.78, 5) is 51.8. The predicted molar refractivity (Wildman–Crippen MR) is 132 cm³/mol.